The molecule has 1 unspecified atom stereocenters. The normalized spacial score (nSPS) is 15.7. The van der Waals surface area contributed by atoms with Crippen molar-refractivity contribution in [1.82, 2.24) is 9.78 Å². The van der Waals surface area contributed by atoms with Gasteiger partial charge in [0, 0.05) is 12.4 Å². The SMILES string of the molecule is CC(C(=O)N1CCOc2c1cccc2C(F)(F)F)n1cccn1. The van der Waals surface area contributed by atoms with Crippen LogP contribution in [-0.4, -0.2) is 28.8 Å². The van der Waals surface area contributed by atoms with Crippen LogP contribution < -0.4 is 9.64 Å². The minimum absolute atomic E-state index is 0.0116. The van der Waals surface area contributed by atoms with Gasteiger partial charge in [0.25, 0.3) is 5.91 Å². The number of para-hydroxylation sites is 1. The van der Waals surface area contributed by atoms with Crippen molar-refractivity contribution in [2.75, 3.05) is 18.1 Å². The first-order valence-corrected chi connectivity index (χ1v) is 7.03. The van der Waals surface area contributed by atoms with E-state index in [4.69, 9.17) is 4.74 Å². The Kier molecular flexibility index (Phi) is 3.75. The van der Waals surface area contributed by atoms with Crippen molar-refractivity contribution in [3.05, 3.63) is 42.2 Å². The van der Waals surface area contributed by atoms with E-state index >= 15 is 0 Å². The quantitative estimate of drug-likeness (QED) is 0.853. The highest BCUT2D eigenvalue weighted by molar-refractivity contribution is 5.97. The molecule has 122 valence electrons. The second kappa shape index (κ2) is 5.60. The van der Waals surface area contributed by atoms with Gasteiger partial charge in [0.1, 0.15) is 12.6 Å². The minimum Gasteiger partial charge on any atom is -0.489 e. The van der Waals surface area contributed by atoms with Crippen LogP contribution in [0.4, 0.5) is 18.9 Å². The summed E-state index contributed by atoms with van der Waals surface area (Å²) < 4.78 is 45.9. The van der Waals surface area contributed by atoms with Gasteiger partial charge >= 0.3 is 6.18 Å². The molecule has 5 nitrogen and oxygen atoms in total. The molecule has 0 saturated heterocycles. The van der Waals surface area contributed by atoms with E-state index in [0.29, 0.717) is 0 Å². The van der Waals surface area contributed by atoms with Gasteiger partial charge < -0.3 is 9.64 Å². The van der Waals surface area contributed by atoms with E-state index in [9.17, 15) is 18.0 Å². The predicted molar refractivity (Wildman–Crippen MR) is 76.2 cm³/mol. The average molecular weight is 325 g/mol. The zero-order valence-electron chi connectivity index (χ0n) is 12.2. The fourth-order valence-corrected chi connectivity index (χ4v) is 2.55. The third-order valence-electron chi connectivity index (χ3n) is 3.70. The molecule has 0 bridgehead atoms. The van der Waals surface area contributed by atoms with Gasteiger partial charge in [-0.2, -0.15) is 18.3 Å². The van der Waals surface area contributed by atoms with Crippen molar-refractivity contribution >= 4 is 11.6 Å². The molecule has 1 atom stereocenters. The number of carbonyl (C=O) groups excluding carboxylic acids is 1. The Labute approximate surface area is 130 Å². The van der Waals surface area contributed by atoms with Crippen LogP contribution in [0, 0.1) is 0 Å². The Balaban J connectivity index is 1.98. The van der Waals surface area contributed by atoms with Crippen molar-refractivity contribution in [2.45, 2.75) is 19.1 Å². The molecule has 23 heavy (non-hydrogen) atoms. The number of hydrogen-bond acceptors (Lipinski definition) is 3. The number of nitrogens with zero attached hydrogens (tertiary/aromatic N) is 3. The standard InChI is InChI=1S/C15H14F3N3O2/c1-10(21-7-3-6-19-21)14(22)20-8-9-23-13-11(15(16,17)18)4-2-5-12(13)20/h2-7,10H,8-9H2,1H3. The molecule has 1 amide bonds. The van der Waals surface area contributed by atoms with E-state index in [1.165, 1.54) is 21.7 Å². The number of hydrogen-bond donors (Lipinski definition) is 0. The number of carbonyl (C=O) groups is 1. The second-order valence-electron chi connectivity index (χ2n) is 5.15. The minimum atomic E-state index is -4.54. The van der Waals surface area contributed by atoms with E-state index in [1.54, 1.807) is 25.4 Å². The molecule has 3 rings (SSSR count). The number of aromatic nitrogens is 2. The number of ether oxygens (including phenoxy) is 1. The third-order valence-corrected chi connectivity index (χ3v) is 3.70. The summed E-state index contributed by atoms with van der Waals surface area (Å²) in [6.45, 7) is 1.86. The van der Waals surface area contributed by atoms with E-state index in [0.717, 1.165) is 6.07 Å². The van der Waals surface area contributed by atoms with Crippen LogP contribution >= 0.6 is 0 Å². The summed E-state index contributed by atoms with van der Waals surface area (Å²) in [6.07, 6.45) is -1.36. The number of fused-ring (bicyclic) bond motifs is 1. The Morgan fingerprint density at radius 1 is 1.35 bits per heavy atom. The molecule has 2 heterocycles. The summed E-state index contributed by atoms with van der Waals surface area (Å²) in [5.74, 6) is -0.634. The molecule has 1 aliphatic heterocycles. The fourth-order valence-electron chi connectivity index (χ4n) is 2.55. The number of anilines is 1. The highest BCUT2D eigenvalue weighted by atomic mass is 19.4. The summed E-state index contributed by atoms with van der Waals surface area (Å²) in [7, 11) is 0. The molecule has 1 aromatic heterocycles. The molecule has 0 aliphatic carbocycles. The van der Waals surface area contributed by atoms with Gasteiger partial charge in [0.15, 0.2) is 5.75 Å². The molecule has 0 saturated carbocycles. The molecule has 1 aliphatic rings. The number of amides is 1. The summed E-state index contributed by atoms with van der Waals surface area (Å²) >= 11 is 0. The summed E-state index contributed by atoms with van der Waals surface area (Å²) in [6, 6.07) is 4.74. The van der Waals surface area contributed by atoms with Crippen molar-refractivity contribution in [3.63, 3.8) is 0 Å². The van der Waals surface area contributed by atoms with Gasteiger partial charge in [-0.05, 0) is 25.1 Å². The Morgan fingerprint density at radius 2 is 2.13 bits per heavy atom. The van der Waals surface area contributed by atoms with Crippen molar-refractivity contribution in [1.29, 1.82) is 0 Å². The van der Waals surface area contributed by atoms with Crippen LogP contribution in [-0.2, 0) is 11.0 Å². The van der Waals surface area contributed by atoms with E-state index in [-0.39, 0.29) is 30.5 Å². The number of rotatable bonds is 2. The molecule has 0 N–H and O–H groups in total. The van der Waals surface area contributed by atoms with Crippen LogP contribution in [0.3, 0.4) is 0 Å². The lowest BCUT2D eigenvalue weighted by molar-refractivity contribution is -0.139. The van der Waals surface area contributed by atoms with Crippen molar-refractivity contribution < 1.29 is 22.7 Å². The predicted octanol–water partition coefficient (Wildman–Crippen LogP) is 2.89. The lowest BCUT2D eigenvalue weighted by atomic mass is 10.1. The van der Waals surface area contributed by atoms with Gasteiger partial charge in [-0.3, -0.25) is 9.48 Å². The zero-order valence-corrected chi connectivity index (χ0v) is 12.2. The summed E-state index contributed by atoms with van der Waals surface area (Å²) in [5.41, 5.74) is -0.741. The van der Waals surface area contributed by atoms with Gasteiger partial charge in [0.2, 0.25) is 0 Å². The van der Waals surface area contributed by atoms with E-state index < -0.39 is 17.8 Å². The van der Waals surface area contributed by atoms with Gasteiger partial charge in [0.05, 0.1) is 17.8 Å². The maximum absolute atomic E-state index is 13.1. The highest BCUT2D eigenvalue weighted by Gasteiger charge is 2.38. The largest absolute Gasteiger partial charge is 0.489 e. The van der Waals surface area contributed by atoms with Crippen molar-refractivity contribution in [3.8, 4) is 5.75 Å². The molecular formula is C15H14F3N3O2. The molecule has 8 heteroatoms. The first kappa shape index (κ1) is 15.4. The Morgan fingerprint density at radius 3 is 2.78 bits per heavy atom. The smallest absolute Gasteiger partial charge is 0.420 e. The second-order valence-corrected chi connectivity index (χ2v) is 5.15. The Hall–Kier alpha value is -2.51. The highest BCUT2D eigenvalue weighted by Crippen LogP contribution is 2.43. The van der Waals surface area contributed by atoms with Crippen LogP contribution in [0.1, 0.15) is 18.5 Å². The monoisotopic (exact) mass is 325 g/mol. The third kappa shape index (κ3) is 2.76. The Bertz CT molecular complexity index is 713. The van der Waals surface area contributed by atoms with Gasteiger partial charge in [-0.15, -0.1) is 0 Å². The maximum atomic E-state index is 13.1. The molecule has 0 spiro atoms. The van der Waals surface area contributed by atoms with Gasteiger partial charge in [-0.1, -0.05) is 6.07 Å². The summed E-state index contributed by atoms with van der Waals surface area (Å²) in [5, 5.41) is 4.00. The van der Waals surface area contributed by atoms with Crippen LogP contribution in [0.5, 0.6) is 5.75 Å². The number of halogens is 3. The zero-order chi connectivity index (χ0) is 16.6. The molecule has 0 radical (unpaired) electrons. The average Bonchev–Trinajstić information content (AvgIpc) is 3.05. The maximum Gasteiger partial charge on any atom is 0.420 e. The number of alkyl halides is 3. The van der Waals surface area contributed by atoms with Gasteiger partial charge in [-0.25, -0.2) is 0 Å². The molecule has 2 aromatic rings. The number of benzene rings is 1. The first-order valence-electron chi connectivity index (χ1n) is 7.03. The fraction of sp³-hybridized carbons (Fsp3) is 0.333. The van der Waals surface area contributed by atoms with Crippen LogP contribution in [0.25, 0.3) is 0 Å². The first-order chi connectivity index (χ1) is 10.9. The molecule has 0 fully saturated rings. The van der Waals surface area contributed by atoms with Crippen LogP contribution in [0.2, 0.25) is 0 Å². The molecule has 1 aromatic carbocycles. The van der Waals surface area contributed by atoms with E-state index in [1.807, 2.05) is 0 Å². The molecular weight excluding hydrogens is 311 g/mol. The lowest BCUT2D eigenvalue weighted by Crippen LogP contribution is -2.42. The lowest BCUT2D eigenvalue weighted by Gasteiger charge is -2.32. The topological polar surface area (TPSA) is 47.4 Å². The van der Waals surface area contributed by atoms with Crippen LogP contribution in [0.15, 0.2) is 36.7 Å². The van der Waals surface area contributed by atoms with Crippen molar-refractivity contribution in [2.24, 2.45) is 0 Å². The van der Waals surface area contributed by atoms with E-state index in [2.05, 4.69) is 5.10 Å². The summed E-state index contributed by atoms with van der Waals surface area (Å²) in [4.78, 5) is 14.0.